The fourth-order valence-corrected chi connectivity index (χ4v) is 3.59. The number of hydrogen-bond acceptors (Lipinski definition) is 6. The lowest BCUT2D eigenvalue weighted by atomic mass is 10.1. The Bertz CT molecular complexity index is 918. The lowest BCUT2D eigenvalue weighted by molar-refractivity contribution is -0.121. The third-order valence-electron chi connectivity index (χ3n) is 4.51. The Hall–Kier alpha value is -2.84. The summed E-state index contributed by atoms with van der Waals surface area (Å²) >= 11 is 1.33. The van der Waals surface area contributed by atoms with Crippen molar-refractivity contribution in [3.05, 3.63) is 77.4 Å². The fourth-order valence-electron chi connectivity index (χ4n) is 2.86. The molecule has 0 aliphatic carbocycles. The SMILES string of the molecule is COCCN(CCC(=O)NCc1ccc(F)cc1)c1nc(Cc2ccccc2)ns1. The molecule has 0 bridgehead atoms. The van der Waals surface area contributed by atoms with E-state index in [-0.39, 0.29) is 11.7 Å². The minimum absolute atomic E-state index is 0.0734. The highest BCUT2D eigenvalue weighted by molar-refractivity contribution is 7.09. The molecular formula is C22H25FN4O2S. The van der Waals surface area contributed by atoms with Crippen molar-refractivity contribution in [3.63, 3.8) is 0 Å². The van der Waals surface area contributed by atoms with Gasteiger partial charge < -0.3 is 15.0 Å². The Morgan fingerprint density at radius 3 is 2.60 bits per heavy atom. The van der Waals surface area contributed by atoms with Crippen LogP contribution in [0.15, 0.2) is 54.6 Å². The molecule has 0 radical (unpaired) electrons. The molecule has 1 amide bonds. The van der Waals surface area contributed by atoms with Gasteiger partial charge in [0.25, 0.3) is 0 Å². The second kappa shape index (κ2) is 11.4. The van der Waals surface area contributed by atoms with Crippen molar-refractivity contribution in [2.24, 2.45) is 0 Å². The van der Waals surface area contributed by atoms with E-state index < -0.39 is 0 Å². The van der Waals surface area contributed by atoms with E-state index in [2.05, 4.69) is 26.8 Å². The fraction of sp³-hybridized carbons (Fsp3) is 0.318. The van der Waals surface area contributed by atoms with E-state index in [1.807, 2.05) is 23.1 Å². The molecule has 0 spiro atoms. The van der Waals surface area contributed by atoms with Crippen molar-refractivity contribution in [2.45, 2.75) is 19.4 Å². The third kappa shape index (κ3) is 6.89. The van der Waals surface area contributed by atoms with Gasteiger partial charge in [-0.05, 0) is 23.3 Å². The van der Waals surface area contributed by atoms with Crippen molar-refractivity contribution in [3.8, 4) is 0 Å². The predicted molar refractivity (Wildman–Crippen MR) is 116 cm³/mol. The van der Waals surface area contributed by atoms with Crippen LogP contribution in [0, 0.1) is 5.82 Å². The summed E-state index contributed by atoms with van der Waals surface area (Å²) < 4.78 is 22.6. The second-order valence-electron chi connectivity index (χ2n) is 6.79. The first-order valence-electron chi connectivity index (χ1n) is 9.75. The molecule has 0 fully saturated rings. The number of nitrogens with one attached hydrogen (secondary N) is 1. The van der Waals surface area contributed by atoms with Crippen molar-refractivity contribution >= 4 is 22.6 Å². The zero-order valence-corrected chi connectivity index (χ0v) is 17.7. The number of carbonyl (C=O) groups excluding carboxylic acids is 1. The first-order chi connectivity index (χ1) is 14.6. The molecule has 0 saturated heterocycles. The number of rotatable bonds is 11. The Morgan fingerprint density at radius 2 is 1.87 bits per heavy atom. The van der Waals surface area contributed by atoms with E-state index in [0.29, 0.717) is 39.1 Å². The van der Waals surface area contributed by atoms with Gasteiger partial charge in [-0.25, -0.2) is 9.37 Å². The maximum absolute atomic E-state index is 13.0. The van der Waals surface area contributed by atoms with Crippen molar-refractivity contribution in [2.75, 3.05) is 31.7 Å². The van der Waals surface area contributed by atoms with E-state index in [1.54, 1.807) is 19.2 Å². The van der Waals surface area contributed by atoms with E-state index in [0.717, 1.165) is 22.1 Å². The zero-order chi connectivity index (χ0) is 21.2. The summed E-state index contributed by atoms with van der Waals surface area (Å²) in [6.45, 7) is 2.04. The number of ether oxygens (including phenoxy) is 1. The van der Waals surface area contributed by atoms with Crippen LogP contribution in [-0.2, 0) is 22.5 Å². The topological polar surface area (TPSA) is 67.3 Å². The molecule has 6 nitrogen and oxygen atoms in total. The van der Waals surface area contributed by atoms with Crippen LogP contribution in [-0.4, -0.2) is 42.1 Å². The normalized spacial score (nSPS) is 10.7. The monoisotopic (exact) mass is 428 g/mol. The molecule has 1 heterocycles. The number of benzene rings is 2. The summed E-state index contributed by atoms with van der Waals surface area (Å²) in [6, 6.07) is 16.2. The number of methoxy groups -OCH3 is 1. The van der Waals surface area contributed by atoms with Crippen LogP contribution >= 0.6 is 11.5 Å². The molecule has 158 valence electrons. The summed E-state index contributed by atoms with van der Waals surface area (Å²) in [5.74, 6) is 0.405. The van der Waals surface area contributed by atoms with Crippen LogP contribution in [0.3, 0.4) is 0 Å². The zero-order valence-electron chi connectivity index (χ0n) is 16.9. The maximum atomic E-state index is 13.0. The van der Waals surface area contributed by atoms with Crippen LogP contribution < -0.4 is 10.2 Å². The molecule has 0 aliphatic rings. The summed E-state index contributed by atoms with van der Waals surface area (Å²) in [5.41, 5.74) is 2.01. The molecule has 3 aromatic rings. The number of anilines is 1. The highest BCUT2D eigenvalue weighted by Gasteiger charge is 2.14. The summed E-state index contributed by atoms with van der Waals surface area (Å²) in [6.07, 6.45) is 0.992. The predicted octanol–water partition coefficient (Wildman–Crippen LogP) is 3.43. The van der Waals surface area contributed by atoms with Crippen molar-refractivity contribution in [1.82, 2.24) is 14.7 Å². The highest BCUT2D eigenvalue weighted by Crippen LogP contribution is 2.19. The van der Waals surface area contributed by atoms with Crippen molar-refractivity contribution < 1.29 is 13.9 Å². The number of nitrogens with zero attached hydrogens (tertiary/aromatic N) is 3. The Balaban J connectivity index is 1.53. The molecule has 8 heteroatoms. The molecule has 1 aromatic heterocycles. The second-order valence-corrected chi connectivity index (χ2v) is 7.52. The molecular weight excluding hydrogens is 403 g/mol. The molecule has 3 rings (SSSR count). The average molecular weight is 429 g/mol. The van der Waals surface area contributed by atoms with Gasteiger partial charge in [-0.2, -0.15) is 4.37 Å². The summed E-state index contributed by atoms with van der Waals surface area (Å²) in [4.78, 5) is 18.9. The average Bonchev–Trinajstić information content (AvgIpc) is 3.22. The van der Waals surface area contributed by atoms with Gasteiger partial charge in [-0.3, -0.25) is 4.79 Å². The van der Waals surface area contributed by atoms with Gasteiger partial charge in [-0.1, -0.05) is 42.5 Å². The van der Waals surface area contributed by atoms with Crippen LogP contribution in [0.25, 0.3) is 0 Å². The first-order valence-corrected chi connectivity index (χ1v) is 10.5. The third-order valence-corrected chi connectivity index (χ3v) is 5.32. The van der Waals surface area contributed by atoms with Crippen molar-refractivity contribution in [1.29, 1.82) is 0 Å². The molecule has 0 saturated carbocycles. The lowest BCUT2D eigenvalue weighted by Gasteiger charge is -2.20. The van der Waals surface area contributed by atoms with Crippen LogP contribution in [0.5, 0.6) is 0 Å². The molecule has 0 unspecified atom stereocenters. The minimum Gasteiger partial charge on any atom is -0.383 e. The number of amides is 1. The van der Waals surface area contributed by atoms with E-state index in [9.17, 15) is 9.18 Å². The van der Waals surface area contributed by atoms with Gasteiger partial charge in [0.2, 0.25) is 11.0 Å². The van der Waals surface area contributed by atoms with Crippen LogP contribution in [0.2, 0.25) is 0 Å². The van der Waals surface area contributed by atoms with Gasteiger partial charge >= 0.3 is 0 Å². The largest absolute Gasteiger partial charge is 0.383 e. The van der Waals surface area contributed by atoms with E-state index in [1.165, 1.54) is 23.7 Å². The summed E-state index contributed by atoms with van der Waals surface area (Å²) in [5, 5.41) is 3.65. The molecule has 0 aliphatic heterocycles. The first kappa shape index (κ1) is 21.9. The standard InChI is InChI=1S/C22H25FN4O2S/c1-29-14-13-27(12-11-21(28)24-16-18-7-9-19(23)10-8-18)22-25-20(26-30-22)15-17-5-3-2-4-6-17/h2-10H,11-16H2,1H3,(H,24,28). The number of aromatic nitrogens is 2. The van der Waals surface area contributed by atoms with Gasteiger partial charge in [0.15, 0.2) is 0 Å². The Labute approximate surface area is 179 Å². The number of carbonyl (C=O) groups is 1. The lowest BCUT2D eigenvalue weighted by Crippen LogP contribution is -2.32. The molecule has 0 atom stereocenters. The Kier molecular flexibility index (Phi) is 8.29. The minimum atomic E-state index is -0.289. The smallest absolute Gasteiger partial charge is 0.222 e. The molecule has 30 heavy (non-hydrogen) atoms. The summed E-state index contributed by atoms with van der Waals surface area (Å²) in [7, 11) is 1.65. The number of halogens is 1. The molecule has 2 aromatic carbocycles. The van der Waals surface area contributed by atoms with Crippen LogP contribution in [0.4, 0.5) is 9.52 Å². The van der Waals surface area contributed by atoms with Gasteiger partial charge in [0, 0.05) is 51.1 Å². The van der Waals surface area contributed by atoms with Gasteiger partial charge in [0.1, 0.15) is 11.6 Å². The van der Waals surface area contributed by atoms with E-state index in [4.69, 9.17) is 4.74 Å². The quantitative estimate of drug-likeness (QED) is 0.507. The highest BCUT2D eigenvalue weighted by atomic mass is 32.1. The van der Waals surface area contributed by atoms with Crippen LogP contribution in [0.1, 0.15) is 23.4 Å². The van der Waals surface area contributed by atoms with Gasteiger partial charge in [-0.15, -0.1) is 0 Å². The maximum Gasteiger partial charge on any atom is 0.222 e. The molecule has 1 N–H and O–H groups in total. The van der Waals surface area contributed by atoms with E-state index >= 15 is 0 Å². The Morgan fingerprint density at radius 1 is 1.10 bits per heavy atom. The number of hydrogen-bond donors (Lipinski definition) is 1. The van der Waals surface area contributed by atoms with Gasteiger partial charge in [0.05, 0.1) is 6.61 Å².